The summed E-state index contributed by atoms with van der Waals surface area (Å²) in [4.78, 5) is 0. The van der Waals surface area contributed by atoms with E-state index in [1.807, 2.05) is 0 Å². The summed E-state index contributed by atoms with van der Waals surface area (Å²) in [6, 6.07) is 7.71. The van der Waals surface area contributed by atoms with Crippen molar-refractivity contribution in [3.8, 4) is 0 Å². The van der Waals surface area contributed by atoms with Crippen molar-refractivity contribution in [2.45, 2.75) is 45.7 Å². The largest absolute Gasteiger partial charge is 0.307 e. The van der Waals surface area contributed by atoms with Gasteiger partial charge in [0.15, 0.2) is 0 Å². The van der Waals surface area contributed by atoms with Gasteiger partial charge in [0.25, 0.3) is 0 Å². The van der Waals surface area contributed by atoms with Crippen LogP contribution in [0.4, 0.5) is 0 Å². The van der Waals surface area contributed by atoms with E-state index in [9.17, 15) is 0 Å². The summed E-state index contributed by atoms with van der Waals surface area (Å²) in [5.74, 6) is 0.916. The molecule has 1 aromatic carbocycles. The molecule has 2 rings (SSSR count). The maximum atomic E-state index is 3.69. The third-order valence-corrected chi connectivity index (χ3v) is 4.41. The molecule has 0 saturated heterocycles. The molecule has 88 valence electrons. The van der Waals surface area contributed by atoms with Crippen LogP contribution in [0.15, 0.2) is 22.7 Å². The lowest BCUT2D eigenvalue weighted by atomic mass is 10.0. The third kappa shape index (κ3) is 2.86. The van der Waals surface area contributed by atoms with Crippen LogP contribution >= 0.6 is 15.9 Å². The molecule has 0 aromatic heterocycles. The molecule has 16 heavy (non-hydrogen) atoms. The minimum absolute atomic E-state index is 0.447. The molecule has 2 unspecified atom stereocenters. The molecule has 0 spiro atoms. The molecule has 0 aliphatic heterocycles. The van der Waals surface area contributed by atoms with Crippen molar-refractivity contribution < 1.29 is 0 Å². The molecule has 1 nitrogen and oxygen atoms in total. The van der Waals surface area contributed by atoms with Crippen LogP contribution in [0.1, 0.15) is 43.9 Å². The van der Waals surface area contributed by atoms with E-state index in [1.165, 1.54) is 28.4 Å². The molecular formula is C14H20BrN. The number of halogens is 1. The van der Waals surface area contributed by atoms with Crippen molar-refractivity contribution in [3.63, 3.8) is 0 Å². The lowest BCUT2D eigenvalue weighted by Gasteiger charge is -2.20. The van der Waals surface area contributed by atoms with Gasteiger partial charge in [-0.15, -0.1) is 0 Å². The maximum Gasteiger partial charge on any atom is 0.0294 e. The molecule has 0 amide bonds. The minimum Gasteiger partial charge on any atom is -0.307 e. The second-order valence-electron chi connectivity index (χ2n) is 5.02. The van der Waals surface area contributed by atoms with Crippen LogP contribution in [0, 0.1) is 12.8 Å². The van der Waals surface area contributed by atoms with E-state index < -0.39 is 0 Å². The molecule has 2 atom stereocenters. The molecular weight excluding hydrogens is 262 g/mol. The summed E-state index contributed by atoms with van der Waals surface area (Å²) < 4.78 is 1.19. The highest BCUT2D eigenvalue weighted by atomic mass is 79.9. The molecule has 1 aromatic rings. The highest BCUT2D eigenvalue weighted by molar-refractivity contribution is 9.10. The molecule has 2 heteroatoms. The number of hydrogen-bond acceptors (Lipinski definition) is 1. The van der Waals surface area contributed by atoms with Gasteiger partial charge in [-0.25, -0.2) is 0 Å². The fraction of sp³-hybridized carbons (Fsp3) is 0.571. The van der Waals surface area contributed by atoms with Gasteiger partial charge in [0.2, 0.25) is 0 Å². The van der Waals surface area contributed by atoms with E-state index >= 15 is 0 Å². The Balaban J connectivity index is 2.01. The summed E-state index contributed by atoms with van der Waals surface area (Å²) in [5, 5.41) is 3.69. The average molecular weight is 282 g/mol. The van der Waals surface area contributed by atoms with Crippen LogP contribution < -0.4 is 5.32 Å². The van der Waals surface area contributed by atoms with Crippen LogP contribution in [0.5, 0.6) is 0 Å². The minimum atomic E-state index is 0.447. The summed E-state index contributed by atoms with van der Waals surface area (Å²) in [6.07, 6.45) is 2.81. The van der Waals surface area contributed by atoms with Crippen molar-refractivity contribution >= 4 is 15.9 Å². The first-order valence-corrected chi connectivity index (χ1v) is 6.89. The number of nitrogens with one attached hydrogen (secondary N) is 1. The van der Waals surface area contributed by atoms with Gasteiger partial charge in [0.05, 0.1) is 0 Å². The fourth-order valence-electron chi connectivity index (χ4n) is 2.16. The average Bonchev–Trinajstić information content (AvgIpc) is 3.05. The Morgan fingerprint density at radius 1 is 1.31 bits per heavy atom. The Hall–Kier alpha value is -0.340. The standard InChI is InChI=1S/C14H20BrN/c1-9-8-13(6-7-14(9)15)11(3)16-10(2)12-4-5-12/h6-8,10-12,16H,4-5H2,1-3H3. The van der Waals surface area contributed by atoms with Crippen LogP contribution in [0.3, 0.4) is 0 Å². The van der Waals surface area contributed by atoms with Crippen LogP contribution in [0.25, 0.3) is 0 Å². The van der Waals surface area contributed by atoms with Gasteiger partial charge in [0.1, 0.15) is 0 Å². The van der Waals surface area contributed by atoms with E-state index in [-0.39, 0.29) is 0 Å². The monoisotopic (exact) mass is 281 g/mol. The van der Waals surface area contributed by atoms with E-state index in [0.717, 1.165) is 5.92 Å². The quantitative estimate of drug-likeness (QED) is 0.872. The predicted molar refractivity (Wildman–Crippen MR) is 72.6 cm³/mol. The topological polar surface area (TPSA) is 12.0 Å². The van der Waals surface area contributed by atoms with Crippen molar-refractivity contribution in [3.05, 3.63) is 33.8 Å². The first kappa shape index (κ1) is 12.1. The van der Waals surface area contributed by atoms with Crippen LogP contribution in [0.2, 0.25) is 0 Å². The molecule has 1 aliphatic carbocycles. The van der Waals surface area contributed by atoms with Crippen molar-refractivity contribution in [1.82, 2.24) is 5.32 Å². The highest BCUT2D eigenvalue weighted by Gasteiger charge is 2.28. The zero-order chi connectivity index (χ0) is 11.7. The number of rotatable bonds is 4. The van der Waals surface area contributed by atoms with Crippen molar-refractivity contribution in [2.75, 3.05) is 0 Å². The first-order valence-electron chi connectivity index (χ1n) is 6.10. The smallest absolute Gasteiger partial charge is 0.0294 e. The molecule has 1 fully saturated rings. The molecule has 1 saturated carbocycles. The van der Waals surface area contributed by atoms with Gasteiger partial charge in [0, 0.05) is 16.6 Å². The molecule has 0 radical (unpaired) electrons. The predicted octanol–water partition coefficient (Wildman–Crippen LogP) is 4.21. The highest BCUT2D eigenvalue weighted by Crippen LogP contribution is 2.33. The Morgan fingerprint density at radius 3 is 2.56 bits per heavy atom. The molecule has 0 bridgehead atoms. The number of benzene rings is 1. The van der Waals surface area contributed by atoms with E-state index in [0.29, 0.717) is 12.1 Å². The molecule has 0 heterocycles. The second-order valence-corrected chi connectivity index (χ2v) is 5.88. The van der Waals surface area contributed by atoms with E-state index in [4.69, 9.17) is 0 Å². The SMILES string of the molecule is Cc1cc(C(C)NC(C)C2CC2)ccc1Br. The summed E-state index contributed by atoms with van der Waals surface area (Å²) >= 11 is 3.54. The van der Waals surface area contributed by atoms with Crippen molar-refractivity contribution in [1.29, 1.82) is 0 Å². The van der Waals surface area contributed by atoms with Gasteiger partial charge < -0.3 is 5.32 Å². The van der Waals surface area contributed by atoms with Gasteiger partial charge in [-0.3, -0.25) is 0 Å². The first-order chi connectivity index (χ1) is 7.58. The molecule has 1 aliphatic rings. The lowest BCUT2D eigenvalue weighted by Crippen LogP contribution is -2.30. The molecule has 1 N–H and O–H groups in total. The van der Waals surface area contributed by atoms with Gasteiger partial charge in [-0.2, -0.15) is 0 Å². The summed E-state index contributed by atoms with van der Waals surface area (Å²) in [5.41, 5.74) is 2.69. The fourth-order valence-corrected chi connectivity index (χ4v) is 2.41. The number of aryl methyl sites for hydroxylation is 1. The van der Waals surface area contributed by atoms with Crippen molar-refractivity contribution in [2.24, 2.45) is 5.92 Å². The van der Waals surface area contributed by atoms with E-state index in [2.05, 4.69) is 60.2 Å². The maximum absolute atomic E-state index is 3.69. The van der Waals surface area contributed by atoms with Crippen LogP contribution in [-0.4, -0.2) is 6.04 Å². The normalized spacial score (nSPS) is 19.5. The van der Waals surface area contributed by atoms with Gasteiger partial charge in [-0.05, 0) is 56.7 Å². The zero-order valence-corrected chi connectivity index (χ0v) is 11.8. The van der Waals surface area contributed by atoms with Crippen LogP contribution in [-0.2, 0) is 0 Å². The Labute approximate surface area is 107 Å². The lowest BCUT2D eigenvalue weighted by molar-refractivity contribution is 0.441. The Kier molecular flexibility index (Phi) is 3.70. The second kappa shape index (κ2) is 4.89. The Morgan fingerprint density at radius 2 is 2.00 bits per heavy atom. The zero-order valence-electron chi connectivity index (χ0n) is 10.3. The van der Waals surface area contributed by atoms with Gasteiger partial charge >= 0.3 is 0 Å². The van der Waals surface area contributed by atoms with E-state index in [1.54, 1.807) is 0 Å². The summed E-state index contributed by atoms with van der Waals surface area (Å²) in [6.45, 7) is 6.70. The van der Waals surface area contributed by atoms with Gasteiger partial charge in [-0.1, -0.05) is 28.1 Å². The number of hydrogen-bond donors (Lipinski definition) is 1. The Bertz CT molecular complexity index is 371. The third-order valence-electron chi connectivity index (χ3n) is 3.52. The summed E-state index contributed by atoms with van der Waals surface area (Å²) in [7, 11) is 0.